The van der Waals surface area contributed by atoms with Crippen molar-refractivity contribution in [3.8, 4) is 0 Å². The third-order valence-electron chi connectivity index (χ3n) is 13.8. The molecule has 0 aromatic rings. The highest BCUT2D eigenvalue weighted by Gasteiger charge is 2.51. The highest BCUT2D eigenvalue weighted by molar-refractivity contribution is 5.76. The van der Waals surface area contributed by atoms with Crippen molar-refractivity contribution in [1.29, 1.82) is 0 Å². The first kappa shape index (κ1) is 68.3. The molecule has 1 amide bonds. The molecule has 2 rings (SSSR count). The first-order chi connectivity index (χ1) is 36.6. The van der Waals surface area contributed by atoms with E-state index >= 15 is 0 Å². The van der Waals surface area contributed by atoms with Crippen LogP contribution < -0.4 is 5.32 Å². The Kier molecular flexibility index (Phi) is 42.0. The summed E-state index contributed by atoms with van der Waals surface area (Å²) in [6.07, 6.45) is 44.6. The van der Waals surface area contributed by atoms with E-state index < -0.39 is 86.8 Å². The molecular weight excluding hydrogens is 955 g/mol. The van der Waals surface area contributed by atoms with Crippen LogP contribution in [0.4, 0.5) is 0 Å². The van der Waals surface area contributed by atoms with Gasteiger partial charge in [-0.2, -0.15) is 0 Å². The van der Waals surface area contributed by atoms with Crippen LogP contribution in [0.15, 0.2) is 85.1 Å². The van der Waals surface area contributed by atoms with Crippen LogP contribution >= 0.6 is 0 Å². The number of ether oxygens (including phenoxy) is 4. The summed E-state index contributed by atoms with van der Waals surface area (Å²) >= 11 is 0. The number of rotatable bonds is 45. The molecule has 0 aromatic carbocycles. The minimum atomic E-state index is -1.79. The van der Waals surface area contributed by atoms with Crippen molar-refractivity contribution < 1.29 is 64.6 Å². The zero-order valence-corrected chi connectivity index (χ0v) is 46.3. The van der Waals surface area contributed by atoms with Crippen molar-refractivity contribution in [2.45, 2.75) is 274 Å². The Bertz CT molecular complexity index is 1580. The molecule has 0 spiro atoms. The molecule has 0 saturated carbocycles. The van der Waals surface area contributed by atoms with E-state index in [9.17, 15) is 45.6 Å². The van der Waals surface area contributed by atoms with Gasteiger partial charge in [0, 0.05) is 6.42 Å². The number of allylic oxidation sites excluding steroid dienone is 13. The van der Waals surface area contributed by atoms with Crippen molar-refractivity contribution in [1.82, 2.24) is 5.32 Å². The molecule has 0 radical (unpaired) electrons. The van der Waals surface area contributed by atoms with Crippen LogP contribution in [0.1, 0.15) is 200 Å². The summed E-state index contributed by atoms with van der Waals surface area (Å²) in [5, 5.41) is 87.0. The molecule has 75 heavy (non-hydrogen) atoms. The van der Waals surface area contributed by atoms with Gasteiger partial charge >= 0.3 is 0 Å². The second-order valence-electron chi connectivity index (χ2n) is 20.4. The number of hydrogen-bond acceptors (Lipinski definition) is 13. The number of hydrogen-bond donors (Lipinski definition) is 9. The molecule has 12 unspecified atom stereocenters. The fraction of sp³-hybridized carbons (Fsp3) is 0.754. The lowest BCUT2D eigenvalue weighted by Gasteiger charge is -2.46. The van der Waals surface area contributed by atoms with Gasteiger partial charge in [-0.15, -0.1) is 0 Å². The lowest BCUT2D eigenvalue weighted by atomic mass is 9.97. The van der Waals surface area contributed by atoms with Crippen molar-refractivity contribution in [2.24, 2.45) is 0 Å². The van der Waals surface area contributed by atoms with Gasteiger partial charge in [-0.1, -0.05) is 208 Å². The highest BCUT2D eigenvalue weighted by Crippen LogP contribution is 2.30. The maximum absolute atomic E-state index is 13.2. The molecule has 2 heterocycles. The molecule has 2 fully saturated rings. The lowest BCUT2D eigenvalue weighted by Crippen LogP contribution is -2.65. The third-order valence-corrected chi connectivity index (χ3v) is 13.8. The number of carbonyl (C=O) groups excluding carboxylic acids is 1. The molecule has 2 aliphatic rings. The van der Waals surface area contributed by atoms with Crippen LogP contribution in [0.25, 0.3) is 0 Å². The maximum Gasteiger partial charge on any atom is 0.220 e. The van der Waals surface area contributed by atoms with Gasteiger partial charge < -0.3 is 65.1 Å². The molecule has 0 aromatic heterocycles. The maximum atomic E-state index is 13.2. The topological polar surface area (TPSA) is 228 Å². The minimum Gasteiger partial charge on any atom is -0.394 e. The number of amides is 1. The van der Waals surface area contributed by atoms with Crippen LogP contribution in [0.2, 0.25) is 0 Å². The Morgan fingerprint density at radius 2 is 0.920 bits per heavy atom. The summed E-state index contributed by atoms with van der Waals surface area (Å²) in [4.78, 5) is 13.2. The Morgan fingerprint density at radius 1 is 0.493 bits per heavy atom. The van der Waals surface area contributed by atoms with Crippen molar-refractivity contribution in [2.75, 3.05) is 19.8 Å². The van der Waals surface area contributed by atoms with Crippen LogP contribution in [0, 0.1) is 0 Å². The van der Waals surface area contributed by atoms with Crippen molar-refractivity contribution >= 4 is 5.91 Å². The van der Waals surface area contributed by atoms with Crippen molar-refractivity contribution in [3.63, 3.8) is 0 Å². The number of unbranched alkanes of at least 4 members (excludes halogenated alkanes) is 20. The molecule has 432 valence electrons. The molecular formula is C61H105NO13. The zero-order chi connectivity index (χ0) is 54.6. The van der Waals surface area contributed by atoms with E-state index in [0.717, 1.165) is 96.3 Å². The van der Waals surface area contributed by atoms with Gasteiger partial charge in [-0.3, -0.25) is 4.79 Å². The third kappa shape index (κ3) is 32.0. The first-order valence-corrected chi connectivity index (χ1v) is 29.3. The van der Waals surface area contributed by atoms with Gasteiger partial charge in [0.15, 0.2) is 12.6 Å². The SMILES string of the molecule is CC/C=C\C/C=C\C/C=C\C/C=C\C/C=C\C/C=C\CCCCCCCCC(=O)NC(COC1OC(CO)C(OC2OC(CO)C(O)C(O)C2O)C(O)C1O)C(O)/C=C/CCCCCCCCCCCCCCCC. The fourth-order valence-electron chi connectivity index (χ4n) is 9.12. The number of aliphatic hydroxyl groups is 8. The molecule has 2 saturated heterocycles. The highest BCUT2D eigenvalue weighted by atomic mass is 16.7. The van der Waals surface area contributed by atoms with Gasteiger partial charge in [0.2, 0.25) is 5.91 Å². The van der Waals surface area contributed by atoms with E-state index in [1.165, 1.54) is 77.0 Å². The second-order valence-corrected chi connectivity index (χ2v) is 20.4. The quantitative estimate of drug-likeness (QED) is 0.0205. The smallest absolute Gasteiger partial charge is 0.220 e. The molecule has 2 aliphatic heterocycles. The summed E-state index contributed by atoms with van der Waals surface area (Å²) in [5.41, 5.74) is 0. The molecule has 14 nitrogen and oxygen atoms in total. The van der Waals surface area contributed by atoms with Crippen LogP contribution in [-0.2, 0) is 23.7 Å². The predicted molar refractivity (Wildman–Crippen MR) is 300 cm³/mol. The summed E-state index contributed by atoms with van der Waals surface area (Å²) in [5.74, 6) is -0.257. The largest absolute Gasteiger partial charge is 0.394 e. The Morgan fingerprint density at radius 3 is 1.41 bits per heavy atom. The zero-order valence-electron chi connectivity index (χ0n) is 46.3. The van der Waals surface area contributed by atoms with Gasteiger partial charge in [-0.25, -0.2) is 0 Å². The molecule has 0 aliphatic carbocycles. The average molecular weight is 1060 g/mol. The lowest BCUT2D eigenvalue weighted by molar-refractivity contribution is -0.359. The average Bonchev–Trinajstić information content (AvgIpc) is 3.41. The fourth-order valence-corrected chi connectivity index (χ4v) is 9.12. The monoisotopic (exact) mass is 1060 g/mol. The van der Waals surface area contributed by atoms with Gasteiger partial charge in [0.25, 0.3) is 0 Å². The number of aliphatic hydroxyl groups excluding tert-OH is 8. The standard InChI is InChI=1S/C61H105NO13/c1-3-5-7-9-11-13-15-17-19-21-22-23-24-25-26-27-28-29-31-33-35-37-39-41-43-45-53(66)62-49(50(65)44-42-40-38-36-34-32-30-20-18-16-14-12-10-8-6-4-2)48-72-60-58(71)56(69)59(52(47-64)74-60)75-61-57(70)55(68)54(67)51(46-63)73-61/h5,7,11,13,17,19,22-23,25-26,28-29,42,44,49-52,54-61,63-65,67-71H,3-4,6,8-10,12,14-16,18,20-21,24,27,30-41,43,45-48H2,1-2H3,(H,62,66)/b7-5-,13-11-,19-17-,23-22-,26-25-,29-28-,44-42+. The Labute approximate surface area is 452 Å². The van der Waals surface area contributed by atoms with E-state index in [4.69, 9.17) is 18.9 Å². The molecule has 12 atom stereocenters. The van der Waals surface area contributed by atoms with Gasteiger partial charge in [-0.05, 0) is 70.6 Å². The Balaban J connectivity index is 1.78. The van der Waals surface area contributed by atoms with Gasteiger partial charge in [0.05, 0.1) is 32.0 Å². The van der Waals surface area contributed by atoms with E-state index in [1.807, 2.05) is 6.08 Å². The normalized spacial score (nSPS) is 25.7. The van der Waals surface area contributed by atoms with Crippen LogP contribution in [0.5, 0.6) is 0 Å². The van der Waals surface area contributed by atoms with E-state index in [0.29, 0.717) is 6.42 Å². The van der Waals surface area contributed by atoms with E-state index in [1.54, 1.807) is 6.08 Å². The van der Waals surface area contributed by atoms with Crippen LogP contribution in [0.3, 0.4) is 0 Å². The Hall–Kier alpha value is -2.83. The second kappa shape index (κ2) is 46.1. The predicted octanol–water partition coefficient (Wildman–Crippen LogP) is 9.72. The summed E-state index contributed by atoms with van der Waals surface area (Å²) in [6.45, 7) is 2.66. The van der Waals surface area contributed by atoms with Gasteiger partial charge in [0.1, 0.15) is 48.8 Å². The number of nitrogens with one attached hydrogen (secondary N) is 1. The molecule has 14 heteroatoms. The first-order valence-electron chi connectivity index (χ1n) is 29.3. The minimum absolute atomic E-state index is 0.257. The number of carbonyl (C=O) groups is 1. The summed E-state index contributed by atoms with van der Waals surface area (Å²) < 4.78 is 22.8. The van der Waals surface area contributed by atoms with Crippen LogP contribution in [-0.4, -0.2) is 140 Å². The van der Waals surface area contributed by atoms with E-state index in [2.05, 4.69) is 92.1 Å². The summed E-state index contributed by atoms with van der Waals surface area (Å²) in [7, 11) is 0. The van der Waals surface area contributed by atoms with E-state index in [-0.39, 0.29) is 18.9 Å². The molecule has 0 bridgehead atoms. The molecule has 9 N–H and O–H groups in total. The van der Waals surface area contributed by atoms with Crippen molar-refractivity contribution in [3.05, 3.63) is 85.1 Å². The summed E-state index contributed by atoms with van der Waals surface area (Å²) in [6, 6.07) is -0.928.